The van der Waals surface area contributed by atoms with Gasteiger partial charge in [0.25, 0.3) is 0 Å². The normalized spacial score (nSPS) is 10.9. The second-order valence-corrected chi connectivity index (χ2v) is 3.07. The molecule has 0 aliphatic rings. The summed E-state index contributed by atoms with van der Waals surface area (Å²) in [4.78, 5) is 0. The molecule has 11 heavy (non-hydrogen) atoms. The molecule has 0 heterocycles. The van der Waals surface area contributed by atoms with Crippen LogP contribution in [0.25, 0.3) is 0 Å². The van der Waals surface area contributed by atoms with Crippen LogP contribution in [-0.4, -0.2) is 42.7 Å². The molecule has 0 aromatic carbocycles. The molecule has 0 rings (SSSR count). The minimum absolute atomic E-state index is 2.42. The number of hydrogen-bond acceptors (Lipinski definition) is 4. The van der Waals surface area contributed by atoms with Crippen molar-refractivity contribution in [3.8, 4) is 0 Å². The zero-order valence-electron chi connectivity index (χ0n) is 4.62. The second kappa shape index (κ2) is 4.97. The number of rotatable bonds is 0. The molecule has 0 saturated heterocycles. The van der Waals surface area contributed by atoms with E-state index in [4.69, 9.17) is 18.3 Å². The van der Waals surface area contributed by atoms with Gasteiger partial charge in [0, 0.05) is 0 Å². The van der Waals surface area contributed by atoms with Gasteiger partial charge in [-0.2, -0.15) is 21.6 Å². The molecule has 0 fully saturated rings. The Morgan fingerprint density at radius 1 is 1.18 bits per heavy atom. The predicted octanol–water partition coefficient (Wildman–Crippen LogP) is -0.224. The van der Waals surface area contributed by atoms with E-state index in [0.717, 1.165) is 0 Å². The van der Waals surface area contributed by atoms with Crippen LogP contribution in [0.5, 0.6) is 0 Å². The predicted molar refractivity (Wildman–Crippen MR) is 24.7 cm³/mol. The number of alkyl halides is 3. The topological polar surface area (TPSA) is 88.5 Å². The molecular weight excluding hydrogens is 388 g/mol. The molecule has 66 valence electrons. The molecule has 1 N–H and O–H groups in total. The first kappa shape index (κ1) is 13.8. The molecule has 0 unspecified atom stereocenters. The monoisotopic (exact) mass is 390 g/mol. The zero-order chi connectivity index (χ0) is 9.71. The molecule has 0 radical (unpaired) electrons. The van der Waals surface area contributed by atoms with E-state index in [-0.39, 0.29) is 0 Å². The molecule has 0 aromatic rings. The van der Waals surface area contributed by atoms with Crippen LogP contribution in [0.1, 0.15) is 0 Å². The van der Waals surface area contributed by atoms with E-state index in [1.807, 2.05) is 0 Å². The van der Waals surface area contributed by atoms with E-state index >= 15 is 0 Å². The van der Waals surface area contributed by atoms with Crippen molar-refractivity contribution in [1.82, 2.24) is 0 Å². The Bertz CT molecular complexity index is 233. The molecule has 0 bridgehead atoms. The van der Waals surface area contributed by atoms with Crippen LogP contribution in [0.15, 0.2) is 0 Å². The van der Waals surface area contributed by atoms with Gasteiger partial charge in [-0.05, 0) is 0 Å². The zero-order valence-corrected chi connectivity index (χ0v) is 9.33. The quantitative estimate of drug-likeness (QED) is 0.352. The third-order valence-corrected chi connectivity index (χ3v) is 0.877. The Morgan fingerprint density at radius 2 is 1.27 bits per heavy atom. The van der Waals surface area contributed by atoms with Gasteiger partial charge in [-0.15, -0.1) is 0 Å². The van der Waals surface area contributed by atoms with Crippen LogP contribution < -0.4 is 0 Å². The van der Waals surface area contributed by atoms with E-state index < -0.39 is 39.9 Å². The van der Waals surface area contributed by atoms with Crippen molar-refractivity contribution >= 4 is 34.4 Å². The standard InChI is InChI=1S/CHF3O3S.2O.Pb/c2-1(3,4)8(5,6)7;;;/h(H,5,6,7);;;. The Kier molecular flexibility index (Phi) is 6.23. The van der Waals surface area contributed by atoms with Crippen LogP contribution in [0, 0.1) is 0 Å². The summed E-state index contributed by atoms with van der Waals surface area (Å²) in [7, 11) is -5.84. The summed E-state index contributed by atoms with van der Waals surface area (Å²) in [6, 6.07) is 0. The summed E-state index contributed by atoms with van der Waals surface area (Å²) in [6.07, 6.45) is 0. The first-order valence-electron chi connectivity index (χ1n) is 1.70. The van der Waals surface area contributed by atoms with Crippen molar-refractivity contribution in [3.05, 3.63) is 0 Å². The van der Waals surface area contributed by atoms with Gasteiger partial charge < -0.3 is 0 Å². The third-order valence-electron chi connectivity index (χ3n) is 0.292. The summed E-state index contributed by atoms with van der Waals surface area (Å²) in [5.74, 6) is 0. The fraction of sp³-hybridized carbons (Fsp3) is 1.00. The van der Waals surface area contributed by atoms with Gasteiger partial charge in [0.05, 0.1) is 0 Å². The van der Waals surface area contributed by atoms with Crippen LogP contribution in [0.4, 0.5) is 13.2 Å². The van der Waals surface area contributed by atoms with Crippen molar-refractivity contribution in [2.75, 3.05) is 0 Å². The van der Waals surface area contributed by atoms with E-state index in [1.165, 1.54) is 0 Å². The Balaban J connectivity index is 0. The second-order valence-electron chi connectivity index (χ2n) is 1.00. The Hall–Kier alpha value is 0.222. The average Bonchev–Trinajstić information content (AvgIpc) is 1.60. The molecule has 0 aliphatic carbocycles. The molecule has 0 spiro atoms. The van der Waals surface area contributed by atoms with E-state index in [9.17, 15) is 13.2 Å². The van der Waals surface area contributed by atoms with E-state index in [2.05, 4.69) is 0 Å². The van der Waals surface area contributed by atoms with Gasteiger partial charge in [0.15, 0.2) is 0 Å². The van der Waals surface area contributed by atoms with Crippen molar-refractivity contribution in [2.45, 2.75) is 5.51 Å². The van der Waals surface area contributed by atoms with Crippen molar-refractivity contribution < 1.29 is 31.5 Å². The number of halogens is 3. The van der Waals surface area contributed by atoms with Gasteiger partial charge in [-0.1, -0.05) is 0 Å². The third kappa shape index (κ3) is 8.13. The summed E-state index contributed by atoms with van der Waals surface area (Å²) < 4.78 is 74.7. The summed E-state index contributed by atoms with van der Waals surface area (Å²) >= 11 is -2.42. The summed E-state index contributed by atoms with van der Waals surface area (Å²) in [6.45, 7) is 0. The maximum atomic E-state index is 10.7. The molecule has 10 heteroatoms. The molecule has 0 atom stereocenters. The van der Waals surface area contributed by atoms with Crippen LogP contribution >= 0.6 is 0 Å². The van der Waals surface area contributed by atoms with Gasteiger partial charge in [0.1, 0.15) is 0 Å². The van der Waals surface area contributed by atoms with E-state index in [0.29, 0.717) is 0 Å². The van der Waals surface area contributed by atoms with Gasteiger partial charge in [0.2, 0.25) is 0 Å². The van der Waals surface area contributed by atoms with Crippen LogP contribution in [-0.2, 0) is 15.5 Å². The molecule has 0 aliphatic heterocycles. The first-order valence-corrected chi connectivity index (χ1v) is 6.31. The fourth-order valence-electron chi connectivity index (χ4n) is 0. The minimum atomic E-state index is -5.84. The first-order chi connectivity index (χ1) is 4.66. The summed E-state index contributed by atoms with van der Waals surface area (Å²) in [5.41, 5.74) is -5.53. The molecular formula is CHF3O5PbS. The maximum absolute atomic E-state index is 10.7. The fourth-order valence-corrected chi connectivity index (χ4v) is 0. The van der Waals surface area contributed by atoms with Crippen molar-refractivity contribution in [3.63, 3.8) is 0 Å². The van der Waals surface area contributed by atoms with Gasteiger partial charge >= 0.3 is 45.3 Å². The van der Waals surface area contributed by atoms with Crippen molar-refractivity contribution in [2.24, 2.45) is 0 Å². The molecule has 5 nitrogen and oxygen atoms in total. The van der Waals surface area contributed by atoms with Crippen molar-refractivity contribution in [1.29, 1.82) is 0 Å². The van der Waals surface area contributed by atoms with E-state index in [1.54, 1.807) is 0 Å². The Morgan fingerprint density at radius 3 is 1.27 bits per heavy atom. The Labute approximate surface area is 71.5 Å². The summed E-state index contributed by atoms with van der Waals surface area (Å²) in [5, 5.41) is 0. The van der Waals surface area contributed by atoms with Gasteiger partial charge in [-0.3, -0.25) is 4.55 Å². The number of hydrogen-bond donors (Lipinski definition) is 1. The average molecular weight is 389 g/mol. The molecule has 0 saturated carbocycles. The molecule has 0 amide bonds. The van der Waals surface area contributed by atoms with Crippen LogP contribution in [0.2, 0.25) is 0 Å². The van der Waals surface area contributed by atoms with Gasteiger partial charge in [-0.25, -0.2) is 0 Å². The van der Waals surface area contributed by atoms with Crippen LogP contribution in [0.3, 0.4) is 0 Å². The molecule has 0 aromatic heterocycles. The SMILES string of the molecule is O=S(=O)(O)C(F)(F)F.[O]=[Pb]=[O].